The molecule has 0 bridgehead atoms. The molecule has 1 aromatic rings. The summed E-state index contributed by atoms with van der Waals surface area (Å²) in [7, 11) is 0. The lowest BCUT2D eigenvalue weighted by atomic mass is 10.1. The zero-order valence-corrected chi connectivity index (χ0v) is 12.9. The van der Waals surface area contributed by atoms with Crippen molar-refractivity contribution in [3.05, 3.63) is 11.9 Å². The van der Waals surface area contributed by atoms with Crippen LogP contribution >= 0.6 is 0 Å². The minimum atomic E-state index is 0.606. The second-order valence-corrected chi connectivity index (χ2v) is 7.04. The molecule has 114 valence electrons. The van der Waals surface area contributed by atoms with Crippen LogP contribution in [0.5, 0.6) is 0 Å². The quantitative estimate of drug-likeness (QED) is 0.763. The van der Waals surface area contributed by atoms with Crippen molar-refractivity contribution in [3.8, 4) is 0 Å². The molecule has 4 rings (SSSR count). The molecule has 0 amide bonds. The molecule has 3 aliphatic carbocycles. The van der Waals surface area contributed by atoms with E-state index in [1.807, 2.05) is 0 Å². The molecule has 0 atom stereocenters. The van der Waals surface area contributed by atoms with E-state index in [0.29, 0.717) is 12.0 Å². The van der Waals surface area contributed by atoms with Crippen molar-refractivity contribution >= 4 is 11.6 Å². The molecule has 0 radical (unpaired) electrons. The fraction of sp³-hybridized carbons (Fsp3) is 0.765. The maximum atomic E-state index is 4.80. The van der Waals surface area contributed by atoms with Gasteiger partial charge in [0.25, 0.3) is 0 Å². The Morgan fingerprint density at radius 1 is 1.05 bits per heavy atom. The first-order valence-electron chi connectivity index (χ1n) is 8.73. The Balaban J connectivity index is 1.52. The Bertz CT molecular complexity index is 492. The average Bonchev–Trinajstić information content (AvgIpc) is 3.37. The van der Waals surface area contributed by atoms with E-state index in [4.69, 9.17) is 9.97 Å². The Morgan fingerprint density at radius 3 is 2.29 bits per heavy atom. The second-order valence-electron chi connectivity index (χ2n) is 7.04. The highest BCUT2D eigenvalue weighted by atomic mass is 15.1. The average molecular weight is 286 g/mol. The smallest absolute Gasteiger partial charge is 0.136 e. The second kappa shape index (κ2) is 5.47. The number of aromatic nitrogens is 2. The van der Waals surface area contributed by atoms with Gasteiger partial charge in [-0.1, -0.05) is 6.92 Å². The predicted molar refractivity (Wildman–Crippen MR) is 85.6 cm³/mol. The third kappa shape index (κ3) is 3.30. The zero-order chi connectivity index (χ0) is 14.2. The lowest BCUT2D eigenvalue weighted by molar-refractivity contribution is 0.565. The highest BCUT2D eigenvalue weighted by Crippen LogP contribution is 2.46. The van der Waals surface area contributed by atoms with Crippen LogP contribution in [0.4, 0.5) is 11.6 Å². The van der Waals surface area contributed by atoms with Crippen LogP contribution in [0.25, 0.3) is 0 Å². The zero-order valence-electron chi connectivity index (χ0n) is 12.9. The minimum Gasteiger partial charge on any atom is -0.370 e. The van der Waals surface area contributed by atoms with E-state index in [9.17, 15) is 0 Å². The van der Waals surface area contributed by atoms with Crippen LogP contribution in [-0.4, -0.2) is 22.6 Å². The largest absolute Gasteiger partial charge is 0.370 e. The van der Waals surface area contributed by atoms with Gasteiger partial charge < -0.3 is 10.6 Å². The summed E-state index contributed by atoms with van der Waals surface area (Å²) >= 11 is 0. The molecule has 4 nitrogen and oxygen atoms in total. The van der Waals surface area contributed by atoms with Gasteiger partial charge in [-0.15, -0.1) is 0 Å². The van der Waals surface area contributed by atoms with Crippen molar-refractivity contribution in [2.75, 3.05) is 17.2 Å². The molecule has 1 aromatic heterocycles. The van der Waals surface area contributed by atoms with E-state index in [0.717, 1.165) is 42.3 Å². The molecule has 4 heteroatoms. The Hall–Kier alpha value is -1.32. The van der Waals surface area contributed by atoms with Crippen molar-refractivity contribution in [1.82, 2.24) is 9.97 Å². The Labute approximate surface area is 127 Å². The fourth-order valence-corrected chi connectivity index (χ4v) is 3.11. The van der Waals surface area contributed by atoms with Gasteiger partial charge in [0.2, 0.25) is 0 Å². The Morgan fingerprint density at radius 2 is 1.71 bits per heavy atom. The maximum Gasteiger partial charge on any atom is 0.136 e. The number of hydrogen-bond acceptors (Lipinski definition) is 4. The first-order valence-corrected chi connectivity index (χ1v) is 8.73. The van der Waals surface area contributed by atoms with Crippen LogP contribution in [0, 0.1) is 11.8 Å². The van der Waals surface area contributed by atoms with Crippen LogP contribution < -0.4 is 10.6 Å². The van der Waals surface area contributed by atoms with E-state index in [1.165, 1.54) is 38.5 Å². The van der Waals surface area contributed by atoms with Gasteiger partial charge in [-0.3, -0.25) is 0 Å². The van der Waals surface area contributed by atoms with Crippen molar-refractivity contribution in [1.29, 1.82) is 0 Å². The van der Waals surface area contributed by atoms with Crippen molar-refractivity contribution in [2.45, 2.75) is 63.8 Å². The van der Waals surface area contributed by atoms with E-state index in [2.05, 4.69) is 23.6 Å². The molecular formula is C17H26N4. The van der Waals surface area contributed by atoms with E-state index >= 15 is 0 Å². The molecule has 0 saturated heterocycles. The van der Waals surface area contributed by atoms with E-state index in [1.54, 1.807) is 0 Å². The molecule has 2 N–H and O–H groups in total. The molecule has 0 aromatic carbocycles. The van der Waals surface area contributed by atoms with Gasteiger partial charge in [-0.2, -0.15) is 0 Å². The molecule has 0 unspecified atom stereocenters. The number of nitrogens with zero attached hydrogens (tertiary/aromatic N) is 2. The summed E-state index contributed by atoms with van der Waals surface area (Å²) in [5.41, 5.74) is 0. The van der Waals surface area contributed by atoms with Gasteiger partial charge >= 0.3 is 0 Å². The first kappa shape index (κ1) is 13.4. The summed E-state index contributed by atoms with van der Waals surface area (Å²) < 4.78 is 0. The minimum absolute atomic E-state index is 0.606. The topological polar surface area (TPSA) is 49.8 Å². The third-order valence-corrected chi connectivity index (χ3v) is 4.82. The number of hydrogen-bond donors (Lipinski definition) is 2. The SMILES string of the molecule is CCCNc1cc(NC(C2CC2)C2CC2)nc(C2CC2)n1. The third-order valence-electron chi connectivity index (χ3n) is 4.82. The predicted octanol–water partition coefficient (Wildman–Crippen LogP) is 3.78. The molecule has 1 heterocycles. The van der Waals surface area contributed by atoms with Crippen LogP contribution in [0.2, 0.25) is 0 Å². The molecule has 21 heavy (non-hydrogen) atoms. The standard InChI is InChI=1S/C17H26N4/c1-2-9-18-14-10-15(21-17(20-14)13-7-8-13)19-16(11-3-4-11)12-5-6-12/h10-13,16H,2-9H2,1H3,(H2,18,19,20,21). The van der Waals surface area contributed by atoms with E-state index < -0.39 is 0 Å². The van der Waals surface area contributed by atoms with Gasteiger partial charge in [0.05, 0.1) is 0 Å². The lowest BCUT2D eigenvalue weighted by Gasteiger charge is -2.19. The normalized spacial score (nSPS) is 21.6. The molecule has 0 spiro atoms. The molecule has 3 fully saturated rings. The lowest BCUT2D eigenvalue weighted by Crippen LogP contribution is -2.25. The summed E-state index contributed by atoms with van der Waals surface area (Å²) in [4.78, 5) is 9.50. The van der Waals surface area contributed by atoms with Crippen LogP contribution in [0.15, 0.2) is 6.07 Å². The number of rotatable bonds is 8. The summed E-state index contributed by atoms with van der Waals surface area (Å²) in [5, 5.41) is 7.18. The monoisotopic (exact) mass is 286 g/mol. The fourth-order valence-electron chi connectivity index (χ4n) is 3.11. The van der Waals surface area contributed by atoms with Gasteiger partial charge in [-0.25, -0.2) is 9.97 Å². The summed E-state index contributed by atoms with van der Waals surface area (Å²) in [5.74, 6) is 5.49. The molecule has 0 aliphatic heterocycles. The maximum absolute atomic E-state index is 4.80. The van der Waals surface area contributed by atoms with Gasteiger partial charge in [0.15, 0.2) is 0 Å². The summed E-state index contributed by atoms with van der Waals surface area (Å²) in [6, 6.07) is 2.77. The molecule has 3 saturated carbocycles. The summed E-state index contributed by atoms with van der Waals surface area (Å²) in [6.07, 6.45) is 9.23. The Kier molecular flexibility index (Phi) is 3.48. The van der Waals surface area contributed by atoms with Crippen LogP contribution in [-0.2, 0) is 0 Å². The molecule has 3 aliphatic rings. The highest BCUT2D eigenvalue weighted by molar-refractivity contribution is 5.49. The van der Waals surface area contributed by atoms with E-state index in [-0.39, 0.29) is 0 Å². The number of anilines is 2. The van der Waals surface area contributed by atoms with Crippen molar-refractivity contribution in [3.63, 3.8) is 0 Å². The first-order chi connectivity index (χ1) is 10.3. The van der Waals surface area contributed by atoms with Gasteiger partial charge in [0.1, 0.15) is 17.5 Å². The molecular weight excluding hydrogens is 260 g/mol. The van der Waals surface area contributed by atoms with Gasteiger partial charge in [-0.05, 0) is 56.8 Å². The van der Waals surface area contributed by atoms with Crippen molar-refractivity contribution in [2.24, 2.45) is 11.8 Å². The van der Waals surface area contributed by atoms with Crippen LogP contribution in [0.3, 0.4) is 0 Å². The highest BCUT2D eigenvalue weighted by Gasteiger charge is 2.41. The summed E-state index contributed by atoms with van der Waals surface area (Å²) in [6.45, 7) is 3.17. The van der Waals surface area contributed by atoms with Gasteiger partial charge in [0, 0.05) is 24.6 Å². The van der Waals surface area contributed by atoms with Crippen LogP contribution in [0.1, 0.15) is 63.6 Å². The van der Waals surface area contributed by atoms with Crippen molar-refractivity contribution < 1.29 is 0 Å². The number of nitrogens with one attached hydrogen (secondary N) is 2.